The summed E-state index contributed by atoms with van der Waals surface area (Å²) in [6.07, 6.45) is 1.58. The number of anilines is 1. The predicted molar refractivity (Wildman–Crippen MR) is 106 cm³/mol. The van der Waals surface area contributed by atoms with Crippen LogP contribution in [0.3, 0.4) is 0 Å². The van der Waals surface area contributed by atoms with Gasteiger partial charge in [-0.3, -0.25) is 9.48 Å². The molecular weight excluding hydrogens is 387 g/mol. The minimum absolute atomic E-state index is 0.0197. The van der Waals surface area contributed by atoms with E-state index in [0.717, 1.165) is 29.3 Å². The summed E-state index contributed by atoms with van der Waals surface area (Å²) in [6, 6.07) is 10.4. The smallest absolute Gasteiger partial charge is 0.244 e. The molecule has 3 heterocycles. The van der Waals surface area contributed by atoms with Crippen LogP contribution in [-0.2, 0) is 11.3 Å². The van der Waals surface area contributed by atoms with E-state index in [4.69, 9.17) is 11.6 Å². The fourth-order valence-corrected chi connectivity index (χ4v) is 4.32. The highest BCUT2D eigenvalue weighted by Gasteiger charge is 2.23. The fourth-order valence-electron chi connectivity index (χ4n) is 3.23. The van der Waals surface area contributed by atoms with Crippen molar-refractivity contribution in [2.24, 2.45) is 0 Å². The summed E-state index contributed by atoms with van der Waals surface area (Å²) < 4.78 is 14.7. The number of aromatic nitrogens is 2. The molecule has 1 aliphatic rings. The van der Waals surface area contributed by atoms with Crippen LogP contribution in [0, 0.1) is 5.82 Å². The molecule has 0 bridgehead atoms. The van der Waals surface area contributed by atoms with Gasteiger partial charge in [0.05, 0.1) is 21.8 Å². The van der Waals surface area contributed by atoms with Crippen molar-refractivity contribution < 1.29 is 9.18 Å². The van der Waals surface area contributed by atoms with Crippen LogP contribution in [0.25, 0.3) is 10.6 Å². The molecule has 4 rings (SSSR count). The lowest BCUT2D eigenvalue weighted by atomic mass is 10.2. The molecular formula is C19H18ClFN4OS. The van der Waals surface area contributed by atoms with Crippen molar-refractivity contribution in [1.82, 2.24) is 14.7 Å². The summed E-state index contributed by atoms with van der Waals surface area (Å²) in [7, 11) is 0. The number of hydrogen-bond donors (Lipinski definition) is 0. The molecule has 8 heteroatoms. The largest absolute Gasteiger partial charge is 0.368 e. The minimum Gasteiger partial charge on any atom is -0.368 e. The summed E-state index contributed by atoms with van der Waals surface area (Å²) in [4.78, 5) is 17.7. The van der Waals surface area contributed by atoms with Crippen LogP contribution < -0.4 is 4.90 Å². The molecule has 1 fully saturated rings. The van der Waals surface area contributed by atoms with Crippen molar-refractivity contribution >= 4 is 34.5 Å². The first-order chi connectivity index (χ1) is 13.1. The van der Waals surface area contributed by atoms with Gasteiger partial charge in [-0.15, -0.1) is 11.3 Å². The van der Waals surface area contributed by atoms with Gasteiger partial charge >= 0.3 is 0 Å². The molecule has 1 aliphatic heterocycles. The average molecular weight is 405 g/mol. The van der Waals surface area contributed by atoms with Gasteiger partial charge in [0.15, 0.2) is 0 Å². The molecule has 3 aromatic rings. The van der Waals surface area contributed by atoms with Gasteiger partial charge in [-0.25, -0.2) is 4.39 Å². The number of thiophene rings is 1. The number of hydrogen-bond acceptors (Lipinski definition) is 4. The Morgan fingerprint density at radius 3 is 2.56 bits per heavy atom. The van der Waals surface area contributed by atoms with Crippen molar-refractivity contribution in [2.75, 3.05) is 31.1 Å². The van der Waals surface area contributed by atoms with E-state index in [2.05, 4.69) is 10.00 Å². The molecule has 0 unspecified atom stereocenters. The van der Waals surface area contributed by atoms with Gasteiger partial charge in [-0.05, 0) is 35.7 Å². The van der Waals surface area contributed by atoms with E-state index in [0.29, 0.717) is 18.1 Å². The molecule has 0 N–H and O–H groups in total. The second-order valence-corrected chi connectivity index (χ2v) is 7.68. The maximum atomic E-state index is 13.1. The molecule has 27 heavy (non-hydrogen) atoms. The zero-order valence-corrected chi connectivity index (χ0v) is 16.1. The minimum atomic E-state index is -0.244. The van der Waals surface area contributed by atoms with Gasteiger partial charge in [-0.2, -0.15) is 5.10 Å². The van der Waals surface area contributed by atoms with Crippen LogP contribution in [0.4, 0.5) is 10.1 Å². The van der Waals surface area contributed by atoms with E-state index >= 15 is 0 Å². The Morgan fingerprint density at radius 1 is 1.15 bits per heavy atom. The van der Waals surface area contributed by atoms with Gasteiger partial charge in [0.1, 0.15) is 12.4 Å². The van der Waals surface area contributed by atoms with Crippen molar-refractivity contribution in [1.29, 1.82) is 0 Å². The maximum Gasteiger partial charge on any atom is 0.244 e. The molecule has 0 atom stereocenters. The second kappa shape index (κ2) is 7.70. The molecule has 140 valence electrons. The van der Waals surface area contributed by atoms with Crippen LogP contribution in [0.15, 0.2) is 48.0 Å². The standard InChI is InChI=1S/C19H18ClFN4OS/c20-16-12-22-25(19(16)17-2-1-11-27-17)13-18(26)24-9-7-23(8-10-24)15-5-3-14(21)4-6-15/h1-6,11-12H,7-10,13H2. The molecule has 1 amide bonds. The molecule has 0 radical (unpaired) electrons. The quantitative estimate of drug-likeness (QED) is 0.665. The highest BCUT2D eigenvalue weighted by Crippen LogP contribution is 2.31. The van der Waals surface area contributed by atoms with Gasteiger partial charge in [0, 0.05) is 31.9 Å². The predicted octanol–water partition coefficient (Wildman–Crippen LogP) is 3.75. The third-order valence-corrected chi connectivity index (χ3v) is 5.81. The van der Waals surface area contributed by atoms with Crippen LogP contribution in [-0.4, -0.2) is 46.8 Å². The lowest BCUT2D eigenvalue weighted by Gasteiger charge is -2.36. The first kappa shape index (κ1) is 18.0. The van der Waals surface area contributed by atoms with E-state index in [1.807, 2.05) is 22.4 Å². The summed E-state index contributed by atoms with van der Waals surface area (Å²) >= 11 is 7.84. The Morgan fingerprint density at radius 2 is 1.89 bits per heavy atom. The van der Waals surface area contributed by atoms with Crippen LogP contribution in [0.1, 0.15) is 0 Å². The molecule has 2 aromatic heterocycles. The molecule has 1 aromatic carbocycles. The van der Waals surface area contributed by atoms with Crippen LogP contribution in [0.5, 0.6) is 0 Å². The summed E-state index contributed by atoms with van der Waals surface area (Å²) in [5.41, 5.74) is 1.76. The Balaban J connectivity index is 1.40. The Kier molecular flexibility index (Phi) is 5.13. The first-order valence-electron chi connectivity index (χ1n) is 8.65. The third-order valence-electron chi connectivity index (χ3n) is 4.66. The highest BCUT2D eigenvalue weighted by atomic mass is 35.5. The van der Waals surface area contributed by atoms with E-state index in [9.17, 15) is 9.18 Å². The molecule has 0 aliphatic carbocycles. The highest BCUT2D eigenvalue weighted by molar-refractivity contribution is 7.13. The SMILES string of the molecule is O=C(Cn1ncc(Cl)c1-c1cccs1)N1CCN(c2ccc(F)cc2)CC1. The first-order valence-corrected chi connectivity index (χ1v) is 9.91. The molecule has 1 saturated heterocycles. The number of nitrogens with zero attached hydrogens (tertiary/aromatic N) is 4. The number of rotatable bonds is 4. The third kappa shape index (κ3) is 3.84. The molecule has 0 spiro atoms. The fraction of sp³-hybridized carbons (Fsp3) is 0.263. The Labute approximate surface area is 165 Å². The van der Waals surface area contributed by atoms with E-state index in [1.165, 1.54) is 12.1 Å². The number of benzene rings is 1. The van der Waals surface area contributed by atoms with Crippen molar-refractivity contribution in [3.8, 4) is 10.6 Å². The van der Waals surface area contributed by atoms with E-state index in [1.54, 1.807) is 34.3 Å². The van der Waals surface area contributed by atoms with Gasteiger partial charge in [0.25, 0.3) is 0 Å². The number of carbonyl (C=O) groups is 1. The van der Waals surface area contributed by atoms with Crippen molar-refractivity contribution in [2.45, 2.75) is 6.54 Å². The zero-order chi connectivity index (χ0) is 18.8. The Hall–Kier alpha value is -2.38. The van der Waals surface area contributed by atoms with E-state index < -0.39 is 0 Å². The van der Waals surface area contributed by atoms with Crippen molar-refractivity contribution in [3.05, 3.63) is 58.8 Å². The number of amides is 1. The topological polar surface area (TPSA) is 41.4 Å². The van der Waals surface area contributed by atoms with E-state index in [-0.39, 0.29) is 18.3 Å². The summed E-state index contributed by atoms with van der Waals surface area (Å²) in [6.45, 7) is 2.85. The summed E-state index contributed by atoms with van der Waals surface area (Å²) in [5.74, 6) is -0.224. The lowest BCUT2D eigenvalue weighted by molar-refractivity contribution is -0.132. The van der Waals surface area contributed by atoms with Crippen LogP contribution >= 0.6 is 22.9 Å². The summed E-state index contributed by atoms with van der Waals surface area (Å²) in [5, 5.41) is 6.79. The molecule has 5 nitrogen and oxygen atoms in total. The van der Waals surface area contributed by atoms with Gasteiger partial charge in [0.2, 0.25) is 5.91 Å². The Bertz CT molecular complexity index is 918. The maximum absolute atomic E-state index is 13.1. The normalized spacial score (nSPS) is 14.6. The van der Waals surface area contributed by atoms with Crippen LogP contribution in [0.2, 0.25) is 5.02 Å². The van der Waals surface area contributed by atoms with Crippen molar-refractivity contribution in [3.63, 3.8) is 0 Å². The van der Waals surface area contributed by atoms with Gasteiger partial charge < -0.3 is 9.80 Å². The second-order valence-electron chi connectivity index (χ2n) is 6.32. The molecule has 0 saturated carbocycles. The zero-order valence-electron chi connectivity index (χ0n) is 14.5. The number of halogens is 2. The lowest BCUT2D eigenvalue weighted by Crippen LogP contribution is -2.49. The number of carbonyl (C=O) groups excluding carboxylic acids is 1. The average Bonchev–Trinajstić information content (AvgIpc) is 3.32. The monoisotopic (exact) mass is 404 g/mol. The number of piperazine rings is 1. The van der Waals surface area contributed by atoms with Gasteiger partial charge in [-0.1, -0.05) is 17.7 Å².